The van der Waals surface area contributed by atoms with Crippen molar-refractivity contribution >= 4 is 15.7 Å². The molecule has 0 fully saturated rings. The third-order valence-electron chi connectivity index (χ3n) is 1.96. The predicted octanol–water partition coefficient (Wildman–Crippen LogP) is 0.708. The molecular weight excluding hydrogens is 200 g/mol. The van der Waals surface area contributed by atoms with Gasteiger partial charge in [0, 0.05) is 14.1 Å². The molecule has 0 aliphatic carbocycles. The zero-order chi connectivity index (χ0) is 10.9. The first kappa shape index (κ1) is 11.0. The van der Waals surface area contributed by atoms with Gasteiger partial charge in [-0.3, -0.25) is 0 Å². The summed E-state index contributed by atoms with van der Waals surface area (Å²) in [6.45, 7) is 1.73. The van der Waals surface area contributed by atoms with Crippen LogP contribution < -0.4 is 10.0 Å². The summed E-state index contributed by atoms with van der Waals surface area (Å²) in [4.78, 5) is 1.93. The monoisotopic (exact) mass is 214 g/mol. The summed E-state index contributed by atoms with van der Waals surface area (Å²) in [5.41, 5.74) is 1.28. The van der Waals surface area contributed by atoms with Crippen molar-refractivity contribution in [3.8, 4) is 0 Å². The Kier molecular flexibility index (Phi) is 2.82. The van der Waals surface area contributed by atoms with Crippen LogP contribution in [-0.2, 0) is 10.0 Å². The van der Waals surface area contributed by atoms with E-state index in [-0.39, 0.29) is 4.90 Å². The first-order valence-corrected chi connectivity index (χ1v) is 5.68. The predicted molar refractivity (Wildman–Crippen MR) is 56.9 cm³/mol. The molecule has 0 saturated carbocycles. The number of sulfonamides is 1. The van der Waals surface area contributed by atoms with E-state index in [2.05, 4.69) is 0 Å². The molecule has 0 heterocycles. The van der Waals surface area contributed by atoms with Gasteiger partial charge in [0.15, 0.2) is 0 Å². The van der Waals surface area contributed by atoms with Crippen molar-refractivity contribution in [1.29, 1.82) is 0 Å². The Morgan fingerprint density at radius 2 is 1.86 bits per heavy atom. The Morgan fingerprint density at radius 1 is 1.29 bits per heavy atom. The molecule has 0 aliphatic rings. The average Bonchev–Trinajstić information content (AvgIpc) is 2.01. The second kappa shape index (κ2) is 3.59. The van der Waals surface area contributed by atoms with Gasteiger partial charge in [-0.15, -0.1) is 0 Å². The smallest absolute Gasteiger partial charge is 0.240 e. The molecule has 0 bridgehead atoms. The molecule has 78 valence electrons. The average molecular weight is 214 g/mol. The summed E-state index contributed by atoms with van der Waals surface area (Å²) in [5.74, 6) is 0. The van der Waals surface area contributed by atoms with Crippen LogP contribution >= 0.6 is 0 Å². The minimum Gasteiger partial charge on any atom is -0.377 e. The maximum atomic E-state index is 11.3. The van der Waals surface area contributed by atoms with Gasteiger partial charge in [0.1, 0.15) is 4.90 Å². The number of nitrogens with zero attached hydrogens (tertiary/aromatic N) is 1. The highest BCUT2D eigenvalue weighted by Gasteiger charge is 2.17. The lowest BCUT2D eigenvalue weighted by atomic mass is 10.2. The molecule has 2 N–H and O–H groups in total. The molecular formula is C9H14N2O2S. The standard InChI is InChI=1S/C9H14N2O2S/c1-7-5-4-6-8(11(2)3)9(7)14(10,12)13/h4-6H,1-3H3,(H2,10,12,13). The van der Waals surface area contributed by atoms with E-state index in [0.29, 0.717) is 11.3 Å². The lowest BCUT2D eigenvalue weighted by Gasteiger charge is -2.17. The van der Waals surface area contributed by atoms with Crippen molar-refractivity contribution in [1.82, 2.24) is 0 Å². The minimum atomic E-state index is -3.65. The van der Waals surface area contributed by atoms with Gasteiger partial charge < -0.3 is 4.90 Å². The highest BCUT2D eigenvalue weighted by Crippen LogP contribution is 2.25. The first-order chi connectivity index (χ1) is 6.34. The number of primary sulfonamides is 1. The van der Waals surface area contributed by atoms with E-state index in [1.54, 1.807) is 44.1 Å². The van der Waals surface area contributed by atoms with Crippen LogP contribution in [0.4, 0.5) is 5.69 Å². The Hall–Kier alpha value is -1.07. The van der Waals surface area contributed by atoms with Gasteiger partial charge in [-0.2, -0.15) is 0 Å². The van der Waals surface area contributed by atoms with Crippen molar-refractivity contribution in [3.05, 3.63) is 23.8 Å². The molecule has 0 spiro atoms. The van der Waals surface area contributed by atoms with E-state index in [1.807, 2.05) is 0 Å². The van der Waals surface area contributed by atoms with Crippen LogP contribution in [0.15, 0.2) is 23.1 Å². The number of rotatable bonds is 2. The maximum absolute atomic E-state index is 11.3. The topological polar surface area (TPSA) is 63.4 Å². The van der Waals surface area contributed by atoms with Crippen molar-refractivity contribution in [2.45, 2.75) is 11.8 Å². The summed E-state index contributed by atoms with van der Waals surface area (Å²) in [5, 5.41) is 5.14. The molecule has 5 heteroatoms. The quantitative estimate of drug-likeness (QED) is 0.788. The lowest BCUT2D eigenvalue weighted by Crippen LogP contribution is -2.19. The van der Waals surface area contributed by atoms with E-state index >= 15 is 0 Å². The minimum absolute atomic E-state index is 0.199. The van der Waals surface area contributed by atoms with E-state index < -0.39 is 10.0 Å². The van der Waals surface area contributed by atoms with Crippen molar-refractivity contribution in [3.63, 3.8) is 0 Å². The van der Waals surface area contributed by atoms with Crippen LogP contribution in [-0.4, -0.2) is 22.5 Å². The molecule has 0 unspecified atom stereocenters. The lowest BCUT2D eigenvalue weighted by molar-refractivity contribution is 0.597. The van der Waals surface area contributed by atoms with E-state index in [1.165, 1.54) is 0 Å². The van der Waals surface area contributed by atoms with Gasteiger partial charge in [0.2, 0.25) is 10.0 Å². The van der Waals surface area contributed by atoms with E-state index in [9.17, 15) is 8.42 Å². The largest absolute Gasteiger partial charge is 0.377 e. The number of hydrogen-bond acceptors (Lipinski definition) is 3. The second-order valence-corrected chi connectivity index (χ2v) is 4.86. The molecule has 0 amide bonds. The number of hydrogen-bond donors (Lipinski definition) is 1. The Balaban J connectivity index is 3.54. The summed E-state index contributed by atoms with van der Waals surface area (Å²) < 4.78 is 22.7. The van der Waals surface area contributed by atoms with Crippen molar-refractivity contribution in [2.24, 2.45) is 5.14 Å². The molecule has 0 aliphatic heterocycles. The Labute approximate surface area is 84.4 Å². The summed E-state index contributed by atoms with van der Waals surface area (Å²) in [6, 6.07) is 5.26. The summed E-state index contributed by atoms with van der Waals surface area (Å²) in [7, 11) is -0.0884. The fourth-order valence-corrected chi connectivity index (χ4v) is 2.42. The SMILES string of the molecule is Cc1cccc(N(C)C)c1S(N)(=O)=O. The normalized spacial score (nSPS) is 11.4. The molecule has 0 radical (unpaired) electrons. The van der Waals surface area contributed by atoms with Gasteiger partial charge in [0.05, 0.1) is 5.69 Å². The van der Waals surface area contributed by atoms with Gasteiger partial charge in [-0.25, -0.2) is 13.6 Å². The third-order valence-corrected chi connectivity index (χ3v) is 3.06. The fraction of sp³-hybridized carbons (Fsp3) is 0.333. The number of anilines is 1. The van der Waals surface area contributed by atoms with Gasteiger partial charge in [-0.05, 0) is 18.6 Å². The highest BCUT2D eigenvalue weighted by molar-refractivity contribution is 7.89. The summed E-state index contributed by atoms with van der Waals surface area (Å²) >= 11 is 0. The van der Waals surface area contributed by atoms with E-state index in [4.69, 9.17) is 5.14 Å². The zero-order valence-electron chi connectivity index (χ0n) is 8.48. The van der Waals surface area contributed by atoms with Crippen LogP contribution in [0.1, 0.15) is 5.56 Å². The first-order valence-electron chi connectivity index (χ1n) is 4.14. The molecule has 0 atom stereocenters. The van der Waals surface area contributed by atoms with Crippen LogP contribution in [0.3, 0.4) is 0 Å². The Bertz CT molecular complexity index is 438. The highest BCUT2D eigenvalue weighted by atomic mass is 32.2. The van der Waals surface area contributed by atoms with Gasteiger partial charge in [0.25, 0.3) is 0 Å². The van der Waals surface area contributed by atoms with Crippen LogP contribution in [0, 0.1) is 6.92 Å². The van der Waals surface area contributed by atoms with E-state index in [0.717, 1.165) is 0 Å². The molecule has 0 saturated heterocycles. The van der Waals surface area contributed by atoms with Gasteiger partial charge in [-0.1, -0.05) is 12.1 Å². The fourth-order valence-electron chi connectivity index (χ4n) is 1.36. The van der Waals surface area contributed by atoms with Crippen molar-refractivity contribution in [2.75, 3.05) is 19.0 Å². The van der Waals surface area contributed by atoms with Gasteiger partial charge >= 0.3 is 0 Å². The van der Waals surface area contributed by atoms with Crippen molar-refractivity contribution < 1.29 is 8.42 Å². The number of benzene rings is 1. The maximum Gasteiger partial charge on any atom is 0.240 e. The third kappa shape index (κ3) is 2.05. The summed E-state index contributed by atoms with van der Waals surface area (Å²) in [6.07, 6.45) is 0. The molecule has 1 aromatic rings. The Morgan fingerprint density at radius 3 is 2.21 bits per heavy atom. The molecule has 0 aromatic heterocycles. The molecule has 14 heavy (non-hydrogen) atoms. The van der Waals surface area contributed by atoms with Crippen LogP contribution in [0.5, 0.6) is 0 Å². The zero-order valence-corrected chi connectivity index (χ0v) is 9.30. The van der Waals surface area contributed by atoms with Crippen LogP contribution in [0.25, 0.3) is 0 Å². The second-order valence-electron chi connectivity index (χ2n) is 3.36. The molecule has 1 aromatic carbocycles. The number of aryl methyl sites for hydroxylation is 1. The number of nitrogens with two attached hydrogens (primary N) is 1. The molecule has 1 rings (SSSR count). The molecule has 4 nitrogen and oxygen atoms in total. The van der Waals surface area contributed by atoms with Crippen LogP contribution in [0.2, 0.25) is 0 Å².